The average molecular weight is 349 g/mol. The minimum Gasteiger partial charge on any atom is -0.393 e. The SMILES string of the molecule is O[C@@H]1CCCC[C@H]1[C@H]1COCCN1Cc1nc(-c2ccsc2)no1. The molecule has 1 aliphatic carbocycles. The van der Waals surface area contributed by atoms with Crippen LogP contribution < -0.4 is 0 Å². The highest BCUT2D eigenvalue weighted by atomic mass is 32.1. The van der Waals surface area contributed by atoms with Gasteiger partial charge in [0.05, 0.1) is 25.9 Å². The van der Waals surface area contributed by atoms with E-state index in [9.17, 15) is 5.11 Å². The lowest BCUT2D eigenvalue weighted by molar-refractivity contribution is -0.0740. The summed E-state index contributed by atoms with van der Waals surface area (Å²) in [5, 5.41) is 18.5. The largest absolute Gasteiger partial charge is 0.393 e. The quantitative estimate of drug-likeness (QED) is 0.915. The summed E-state index contributed by atoms with van der Waals surface area (Å²) >= 11 is 1.62. The van der Waals surface area contributed by atoms with Crippen molar-refractivity contribution in [2.75, 3.05) is 19.8 Å². The van der Waals surface area contributed by atoms with Gasteiger partial charge in [0.2, 0.25) is 11.7 Å². The second-order valence-electron chi connectivity index (χ2n) is 6.65. The van der Waals surface area contributed by atoms with E-state index in [-0.39, 0.29) is 18.1 Å². The molecule has 24 heavy (non-hydrogen) atoms. The molecule has 130 valence electrons. The van der Waals surface area contributed by atoms with E-state index in [1.165, 1.54) is 6.42 Å². The van der Waals surface area contributed by atoms with E-state index in [1.807, 2.05) is 16.8 Å². The predicted molar refractivity (Wildman–Crippen MR) is 90.6 cm³/mol. The molecule has 3 atom stereocenters. The molecule has 1 saturated heterocycles. The minimum atomic E-state index is -0.225. The Morgan fingerprint density at radius 3 is 3.08 bits per heavy atom. The Balaban J connectivity index is 1.47. The number of hydrogen-bond acceptors (Lipinski definition) is 7. The van der Waals surface area contributed by atoms with Crippen LogP contribution in [0.3, 0.4) is 0 Å². The molecule has 4 rings (SSSR count). The second kappa shape index (κ2) is 7.31. The molecule has 0 bridgehead atoms. The summed E-state index contributed by atoms with van der Waals surface area (Å²) in [6, 6.07) is 2.22. The first kappa shape index (κ1) is 16.2. The van der Waals surface area contributed by atoms with E-state index in [1.54, 1.807) is 11.3 Å². The van der Waals surface area contributed by atoms with Gasteiger partial charge in [-0.3, -0.25) is 4.90 Å². The van der Waals surface area contributed by atoms with Crippen LogP contribution in [0.25, 0.3) is 11.4 Å². The molecule has 1 aliphatic heterocycles. The van der Waals surface area contributed by atoms with Crippen LogP contribution in [0.15, 0.2) is 21.3 Å². The molecule has 2 fully saturated rings. The molecule has 0 aromatic carbocycles. The van der Waals surface area contributed by atoms with Crippen molar-refractivity contribution in [1.82, 2.24) is 15.0 Å². The van der Waals surface area contributed by atoms with E-state index in [0.29, 0.717) is 31.5 Å². The van der Waals surface area contributed by atoms with Gasteiger partial charge in [-0.1, -0.05) is 18.0 Å². The maximum absolute atomic E-state index is 10.4. The Hall–Kier alpha value is -1.28. The molecule has 0 spiro atoms. The van der Waals surface area contributed by atoms with Crippen LogP contribution in [0.2, 0.25) is 0 Å². The topological polar surface area (TPSA) is 71.6 Å². The van der Waals surface area contributed by atoms with Crippen molar-refractivity contribution in [3.63, 3.8) is 0 Å². The minimum absolute atomic E-state index is 0.225. The number of aliphatic hydroxyl groups is 1. The van der Waals surface area contributed by atoms with Gasteiger partial charge in [-0.2, -0.15) is 16.3 Å². The molecule has 0 radical (unpaired) electrons. The van der Waals surface area contributed by atoms with Gasteiger partial charge in [-0.15, -0.1) is 0 Å². The standard InChI is InChI=1S/C17H23N3O3S/c21-15-4-2-1-3-13(15)14-10-22-7-6-20(14)9-16-18-17(19-23-16)12-5-8-24-11-12/h5,8,11,13-15,21H,1-4,6-7,9-10H2/t13-,14+,15+/m0/s1. The number of aliphatic hydroxyl groups excluding tert-OH is 1. The van der Waals surface area contributed by atoms with Crippen LogP contribution in [-0.2, 0) is 11.3 Å². The Bertz CT molecular complexity index is 645. The molecule has 1 N–H and O–H groups in total. The summed E-state index contributed by atoms with van der Waals surface area (Å²) < 4.78 is 11.1. The van der Waals surface area contributed by atoms with Crippen molar-refractivity contribution in [2.24, 2.45) is 5.92 Å². The molecular formula is C17H23N3O3S. The summed E-state index contributed by atoms with van der Waals surface area (Å²) in [7, 11) is 0. The van der Waals surface area contributed by atoms with Crippen LogP contribution in [0, 0.1) is 5.92 Å². The Morgan fingerprint density at radius 1 is 1.33 bits per heavy atom. The summed E-state index contributed by atoms with van der Waals surface area (Å²) in [6.45, 7) is 2.84. The molecule has 7 heteroatoms. The number of nitrogens with zero attached hydrogens (tertiary/aromatic N) is 3. The van der Waals surface area contributed by atoms with Crippen LogP contribution >= 0.6 is 11.3 Å². The van der Waals surface area contributed by atoms with Crippen molar-refractivity contribution in [3.8, 4) is 11.4 Å². The molecule has 1 saturated carbocycles. The maximum Gasteiger partial charge on any atom is 0.241 e. The van der Waals surface area contributed by atoms with Gasteiger partial charge in [-0.05, 0) is 24.3 Å². The van der Waals surface area contributed by atoms with Gasteiger partial charge in [0.15, 0.2) is 0 Å². The van der Waals surface area contributed by atoms with Crippen molar-refractivity contribution < 1.29 is 14.4 Å². The molecular weight excluding hydrogens is 326 g/mol. The smallest absolute Gasteiger partial charge is 0.241 e. The maximum atomic E-state index is 10.4. The molecule has 0 amide bonds. The van der Waals surface area contributed by atoms with Crippen molar-refractivity contribution in [1.29, 1.82) is 0 Å². The molecule has 2 aliphatic rings. The number of hydrogen-bond donors (Lipinski definition) is 1. The van der Waals surface area contributed by atoms with E-state index >= 15 is 0 Å². The first-order valence-electron chi connectivity index (χ1n) is 8.66. The second-order valence-corrected chi connectivity index (χ2v) is 7.43. The molecule has 0 unspecified atom stereocenters. The van der Waals surface area contributed by atoms with E-state index in [4.69, 9.17) is 9.26 Å². The number of ether oxygens (including phenoxy) is 1. The van der Waals surface area contributed by atoms with E-state index < -0.39 is 0 Å². The van der Waals surface area contributed by atoms with Gasteiger partial charge < -0.3 is 14.4 Å². The van der Waals surface area contributed by atoms with Gasteiger partial charge in [0, 0.05) is 29.4 Å². The Morgan fingerprint density at radius 2 is 2.25 bits per heavy atom. The zero-order valence-corrected chi connectivity index (χ0v) is 14.5. The Labute approximate surface area is 145 Å². The highest BCUT2D eigenvalue weighted by Crippen LogP contribution is 2.31. The number of rotatable bonds is 4. The third-order valence-electron chi connectivity index (χ3n) is 5.14. The third kappa shape index (κ3) is 3.39. The first-order chi connectivity index (χ1) is 11.8. The summed E-state index contributed by atoms with van der Waals surface area (Å²) in [5.41, 5.74) is 0.997. The average Bonchev–Trinajstić information content (AvgIpc) is 3.27. The fraction of sp³-hybridized carbons (Fsp3) is 0.647. The number of morpholine rings is 1. The summed E-state index contributed by atoms with van der Waals surface area (Å²) in [4.78, 5) is 6.87. The van der Waals surface area contributed by atoms with Gasteiger partial charge in [-0.25, -0.2) is 0 Å². The fourth-order valence-electron chi connectivity index (χ4n) is 3.84. The van der Waals surface area contributed by atoms with Crippen LogP contribution in [0.5, 0.6) is 0 Å². The van der Waals surface area contributed by atoms with Crippen molar-refractivity contribution in [3.05, 3.63) is 22.7 Å². The lowest BCUT2D eigenvalue weighted by Crippen LogP contribution is -2.52. The lowest BCUT2D eigenvalue weighted by Gasteiger charge is -2.42. The summed E-state index contributed by atoms with van der Waals surface area (Å²) in [5.74, 6) is 1.56. The molecule has 2 aromatic heterocycles. The molecule has 2 aromatic rings. The highest BCUT2D eigenvalue weighted by Gasteiger charge is 2.36. The zero-order valence-electron chi connectivity index (χ0n) is 13.6. The monoisotopic (exact) mass is 349 g/mol. The molecule has 3 heterocycles. The van der Waals surface area contributed by atoms with Crippen LogP contribution in [0.4, 0.5) is 0 Å². The van der Waals surface area contributed by atoms with Crippen LogP contribution in [0.1, 0.15) is 31.6 Å². The zero-order chi connectivity index (χ0) is 16.4. The van der Waals surface area contributed by atoms with Crippen molar-refractivity contribution >= 4 is 11.3 Å². The number of aromatic nitrogens is 2. The predicted octanol–water partition coefficient (Wildman–Crippen LogP) is 2.55. The van der Waals surface area contributed by atoms with Crippen LogP contribution in [-0.4, -0.2) is 52.1 Å². The molecule has 6 nitrogen and oxygen atoms in total. The summed E-state index contributed by atoms with van der Waals surface area (Å²) in [6.07, 6.45) is 4.05. The fourth-order valence-corrected chi connectivity index (χ4v) is 4.47. The number of thiophene rings is 1. The highest BCUT2D eigenvalue weighted by molar-refractivity contribution is 7.08. The van der Waals surface area contributed by atoms with E-state index in [0.717, 1.165) is 31.4 Å². The van der Waals surface area contributed by atoms with Gasteiger partial charge in [0.1, 0.15) is 0 Å². The van der Waals surface area contributed by atoms with Crippen molar-refractivity contribution in [2.45, 2.75) is 44.4 Å². The van der Waals surface area contributed by atoms with Gasteiger partial charge in [0.25, 0.3) is 0 Å². The van der Waals surface area contributed by atoms with Gasteiger partial charge >= 0.3 is 0 Å². The normalized spacial score (nSPS) is 29.0. The first-order valence-corrected chi connectivity index (χ1v) is 9.60. The lowest BCUT2D eigenvalue weighted by atomic mass is 9.80. The third-order valence-corrected chi connectivity index (χ3v) is 5.83. The Kier molecular flexibility index (Phi) is 4.93. The van der Waals surface area contributed by atoms with E-state index in [2.05, 4.69) is 15.0 Å².